The van der Waals surface area contributed by atoms with Gasteiger partial charge < -0.3 is 20.4 Å². The number of hydrogen-bond donors (Lipinski definition) is 4. The molecule has 0 saturated carbocycles. The largest absolute Gasteiger partial charge is 0.481 e. The molecule has 0 radical (unpaired) electrons. The number of aliphatic hydroxyl groups excluding tert-OH is 1. The van der Waals surface area contributed by atoms with Gasteiger partial charge in [-0.1, -0.05) is 0 Å². The van der Waals surface area contributed by atoms with Crippen LogP contribution in [0.2, 0.25) is 0 Å². The fraction of sp³-hybridized carbons (Fsp3) is 0.500. The van der Waals surface area contributed by atoms with Crippen LogP contribution in [0, 0.1) is 5.92 Å². The Morgan fingerprint density at radius 1 is 1.00 bits per heavy atom. The van der Waals surface area contributed by atoms with E-state index in [0.29, 0.717) is 0 Å². The first-order valence-electron chi connectivity index (χ1n) is 3.21. The topological polar surface area (TPSA) is 132 Å². The summed E-state index contributed by atoms with van der Waals surface area (Å²) in [5.74, 6) is -6.71. The van der Waals surface area contributed by atoms with Gasteiger partial charge in [-0.15, -0.1) is 0 Å². The van der Waals surface area contributed by atoms with E-state index in [1.807, 2.05) is 0 Å². The lowest BCUT2D eigenvalue weighted by Gasteiger charge is -2.12. The van der Waals surface area contributed by atoms with Crippen LogP contribution in [-0.2, 0) is 14.4 Å². The molecule has 0 bridgehead atoms. The number of rotatable bonds is 5. The average molecular weight is 192 g/mol. The summed E-state index contributed by atoms with van der Waals surface area (Å²) in [4.78, 5) is 30.5. The van der Waals surface area contributed by atoms with Gasteiger partial charge in [0.25, 0.3) is 0 Å². The highest BCUT2D eigenvalue weighted by Gasteiger charge is 2.33. The Kier molecular flexibility index (Phi) is 3.86. The number of carbonyl (C=O) groups is 3. The zero-order valence-electron chi connectivity index (χ0n) is 6.38. The van der Waals surface area contributed by atoms with Crippen LogP contribution in [0.15, 0.2) is 0 Å². The molecule has 0 spiro atoms. The third-order valence-corrected chi connectivity index (χ3v) is 1.35. The smallest absolute Gasteiger partial charge is 0.333 e. The highest BCUT2D eigenvalue weighted by atomic mass is 16.4. The van der Waals surface area contributed by atoms with Crippen molar-refractivity contribution < 1.29 is 34.8 Å². The number of carboxylic acid groups (broad SMARTS) is 3. The maximum Gasteiger partial charge on any atom is 0.333 e. The summed E-state index contributed by atoms with van der Waals surface area (Å²) >= 11 is 0. The molecule has 0 rings (SSSR count). The Balaban J connectivity index is 4.51. The van der Waals surface area contributed by atoms with Crippen LogP contribution in [0.3, 0.4) is 0 Å². The lowest BCUT2D eigenvalue weighted by atomic mass is 9.99. The van der Waals surface area contributed by atoms with Crippen molar-refractivity contribution in [1.82, 2.24) is 0 Å². The molecular formula is C6H8O7. The van der Waals surface area contributed by atoms with Crippen molar-refractivity contribution in [2.24, 2.45) is 5.92 Å². The van der Waals surface area contributed by atoms with E-state index in [-0.39, 0.29) is 0 Å². The molecular weight excluding hydrogens is 184 g/mol. The highest BCUT2D eigenvalue weighted by molar-refractivity contribution is 5.85. The molecule has 13 heavy (non-hydrogen) atoms. The van der Waals surface area contributed by atoms with Crippen molar-refractivity contribution in [3.63, 3.8) is 0 Å². The first kappa shape index (κ1) is 11.4. The molecule has 0 aliphatic rings. The summed E-state index contributed by atoms with van der Waals surface area (Å²) in [6.45, 7) is 0. The van der Waals surface area contributed by atoms with Crippen LogP contribution in [0.25, 0.3) is 0 Å². The van der Waals surface area contributed by atoms with Gasteiger partial charge in [-0.05, 0) is 0 Å². The van der Waals surface area contributed by atoms with E-state index in [9.17, 15) is 14.4 Å². The van der Waals surface area contributed by atoms with E-state index in [1.54, 1.807) is 0 Å². The van der Waals surface area contributed by atoms with Crippen molar-refractivity contribution >= 4 is 17.9 Å². The Labute approximate surface area is 72.2 Å². The van der Waals surface area contributed by atoms with E-state index in [1.165, 1.54) is 0 Å². The van der Waals surface area contributed by atoms with Crippen molar-refractivity contribution in [2.45, 2.75) is 12.5 Å². The van der Waals surface area contributed by atoms with Crippen molar-refractivity contribution in [1.29, 1.82) is 0 Å². The van der Waals surface area contributed by atoms with Crippen molar-refractivity contribution in [3.8, 4) is 0 Å². The Bertz CT molecular complexity index is 233. The molecule has 0 aromatic carbocycles. The maximum absolute atomic E-state index is 10.3. The minimum absolute atomic E-state index is 0.928. The second-order valence-electron chi connectivity index (χ2n) is 2.33. The second-order valence-corrected chi connectivity index (χ2v) is 2.33. The fourth-order valence-electron chi connectivity index (χ4n) is 0.694. The van der Waals surface area contributed by atoms with Gasteiger partial charge in [0.2, 0.25) is 0 Å². The number of carboxylic acids is 3. The molecule has 7 heteroatoms. The molecule has 0 aromatic heterocycles. The Morgan fingerprint density at radius 2 is 1.46 bits per heavy atom. The summed E-state index contributed by atoms with van der Waals surface area (Å²) in [5.41, 5.74) is 0. The zero-order chi connectivity index (χ0) is 10.6. The van der Waals surface area contributed by atoms with Gasteiger partial charge in [0, 0.05) is 0 Å². The molecule has 0 aromatic rings. The van der Waals surface area contributed by atoms with Gasteiger partial charge >= 0.3 is 17.9 Å². The van der Waals surface area contributed by atoms with E-state index in [4.69, 9.17) is 20.4 Å². The molecule has 1 unspecified atom stereocenters. The van der Waals surface area contributed by atoms with Crippen LogP contribution in [0.1, 0.15) is 6.42 Å². The standard InChI is InChI=1S/C6H8O7/c7-3(8)1-2(5(10)11)4(9)6(12)13/h2,4,9H,1H2,(H,7,8)(H,10,11)(H,12,13)/t2-,4?/m0/s1. The number of aliphatic hydroxyl groups is 1. The van der Waals surface area contributed by atoms with E-state index < -0.39 is 36.4 Å². The molecule has 4 N–H and O–H groups in total. The van der Waals surface area contributed by atoms with E-state index in [2.05, 4.69) is 0 Å². The fourth-order valence-corrected chi connectivity index (χ4v) is 0.694. The van der Waals surface area contributed by atoms with Gasteiger partial charge in [-0.3, -0.25) is 9.59 Å². The minimum atomic E-state index is -2.20. The van der Waals surface area contributed by atoms with Crippen molar-refractivity contribution in [3.05, 3.63) is 0 Å². The first-order valence-corrected chi connectivity index (χ1v) is 3.21. The van der Waals surface area contributed by atoms with E-state index >= 15 is 0 Å². The first-order chi connectivity index (χ1) is 5.86. The lowest BCUT2D eigenvalue weighted by molar-refractivity contribution is -0.162. The highest BCUT2D eigenvalue weighted by Crippen LogP contribution is 2.09. The molecule has 2 atom stereocenters. The van der Waals surface area contributed by atoms with Crippen LogP contribution < -0.4 is 0 Å². The quantitative estimate of drug-likeness (QED) is 0.421. The van der Waals surface area contributed by atoms with Crippen LogP contribution in [0.5, 0.6) is 0 Å². The SMILES string of the molecule is O=C(O)C[C@H](C(=O)O)C(O)C(=O)O. The number of aliphatic carboxylic acids is 3. The summed E-state index contributed by atoms with van der Waals surface area (Å²) in [7, 11) is 0. The predicted molar refractivity (Wildman–Crippen MR) is 37.0 cm³/mol. The summed E-state index contributed by atoms with van der Waals surface area (Å²) in [6.07, 6.45) is -3.13. The Morgan fingerprint density at radius 3 is 1.69 bits per heavy atom. The molecule has 0 amide bonds. The van der Waals surface area contributed by atoms with Gasteiger partial charge in [-0.25, -0.2) is 4.79 Å². The lowest BCUT2D eigenvalue weighted by Crippen LogP contribution is -2.36. The third-order valence-electron chi connectivity index (χ3n) is 1.35. The Hall–Kier alpha value is -1.63. The molecule has 0 fully saturated rings. The molecule has 0 aliphatic carbocycles. The molecule has 0 aliphatic heterocycles. The molecule has 0 heterocycles. The van der Waals surface area contributed by atoms with E-state index in [0.717, 1.165) is 0 Å². The van der Waals surface area contributed by atoms with Gasteiger partial charge in [-0.2, -0.15) is 0 Å². The zero-order valence-corrected chi connectivity index (χ0v) is 6.38. The monoisotopic (exact) mass is 192 g/mol. The molecule has 74 valence electrons. The van der Waals surface area contributed by atoms with Gasteiger partial charge in [0.15, 0.2) is 6.10 Å². The maximum atomic E-state index is 10.3. The summed E-state index contributed by atoms with van der Waals surface area (Å²) in [6, 6.07) is 0. The van der Waals surface area contributed by atoms with Crippen LogP contribution in [0.4, 0.5) is 0 Å². The third kappa shape index (κ3) is 3.52. The summed E-state index contributed by atoms with van der Waals surface area (Å²) in [5, 5.41) is 33.5. The van der Waals surface area contributed by atoms with Gasteiger partial charge in [0.1, 0.15) is 5.92 Å². The van der Waals surface area contributed by atoms with Crippen molar-refractivity contribution in [2.75, 3.05) is 0 Å². The average Bonchev–Trinajstić information content (AvgIpc) is 1.97. The second kappa shape index (κ2) is 4.41. The van der Waals surface area contributed by atoms with Gasteiger partial charge in [0.05, 0.1) is 6.42 Å². The summed E-state index contributed by atoms with van der Waals surface area (Å²) < 4.78 is 0. The predicted octanol–water partition coefficient (Wildman–Crippen LogP) is -1.39. The number of hydrogen-bond acceptors (Lipinski definition) is 4. The molecule has 0 saturated heterocycles. The molecule has 7 nitrogen and oxygen atoms in total. The normalized spacial score (nSPS) is 14.5. The van der Waals surface area contributed by atoms with Crippen LogP contribution in [-0.4, -0.2) is 44.4 Å². The minimum Gasteiger partial charge on any atom is -0.481 e. The van der Waals surface area contributed by atoms with Crippen LogP contribution >= 0.6 is 0 Å².